The molecule has 0 aliphatic carbocycles. The van der Waals surface area contributed by atoms with Crippen LogP contribution in [0.25, 0.3) is 0 Å². The number of alkyl halides is 1. The number of rotatable bonds is 11. The average Bonchev–Trinajstić information content (AvgIpc) is 3.34. The first-order valence-corrected chi connectivity index (χ1v) is 13.3. The molecule has 0 aromatic rings. The smallest absolute Gasteiger partial charge is 0.312 e. The molecule has 8 nitrogen and oxygen atoms in total. The highest BCUT2D eigenvalue weighted by molar-refractivity contribution is 9.09. The van der Waals surface area contributed by atoms with Crippen molar-refractivity contribution in [1.82, 2.24) is 9.80 Å². The average molecular weight is 543 g/mol. The number of halogens is 1. The molecule has 0 aromatic heterocycles. The minimum Gasteiger partial charge on any atom is -0.466 e. The maximum atomic E-state index is 14.1. The van der Waals surface area contributed by atoms with Crippen LogP contribution in [0.5, 0.6) is 0 Å². The molecule has 34 heavy (non-hydrogen) atoms. The molecule has 3 aliphatic heterocycles. The van der Waals surface area contributed by atoms with Gasteiger partial charge in [-0.3, -0.25) is 14.4 Å². The highest BCUT2D eigenvalue weighted by Gasteiger charge is 2.77. The van der Waals surface area contributed by atoms with E-state index >= 15 is 0 Å². The normalized spacial score (nSPS) is 32.1. The lowest BCUT2D eigenvalue weighted by Gasteiger charge is -2.42. The zero-order valence-electron chi connectivity index (χ0n) is 20.8. The summed E-state index contributed by atoms with van der Waals surface area (Å²) in [5.41, 5.74) is -1.55. The maximum Gasteiger partial charge on any atom is 0.312 e. The number of carbonyl (C=O) groups excluding carboxylic acids is 3. The van der Waals surface area contributed by atoms with E-state index in [1.54, 1.807) is 22.8 Å². The summed E-state index contributed by atoms with van der Waals surface area (Å²) >= 11 is 3.66. The first kappa shape index (κ1) is 27.1. The zero-order chi connectivity index (χ0) is 25.3. The van der Waals surface area contributed by atoms with E-state index < -0.39 is 41.1 Å². The molecule has 6 atom stereocenters. The lowest BCUT2D eigenvalue weighted by molar-refractivity contribution is -0.155. The van der Waals surface area contributed by atoms with Gasteiger partial charge in [-0.05, 0) is 47.0 Å². The van der Waals surface area contributed by atoms with E-state index in [9.17, 15) is 14.4 Å². The van der Waals surface area contributed by atoms with E-state index in [4.69, 9.17) is 14.6 Å². The van der Waals surface area contributed by atoms with Crippen LogP contribution < -0.4 is 0 Å². The van der Waals surface area contributed by atoms with E-state index in [2.05, 4.69) is 22.5 Å². The van der Waals surface area contributed by atoms with Gasteiger partial charge in [0.05, 0.1) is 24.5 Å². The van der Waals surface area contributed by atoms with Gasteiger partial charge in [0, 0.05) is 30.1 Å². The Morgan fingerprint density at radius 2 is 2.00 bits per heavy atom. The van der Waals surface area contributed by atoms with Crippen LogP contribution >= 0.6 is 15.9 Å². The van der Waals surface area contributed by atoms with Gasteiger partial charge in [-0.2, -0.15) is 0 Å². The topological polar surface area (TPSA) is 96.4 Å². The highest BCUT2D eigenvalue weighted by atomic mass is 79.9. The molecule has 9 heteroatoms. The van der Waals surface area contributed by atoms with E-state index in [0.717, 1.165) is 12.8 Å². The van der Waals surface area contributed by atoms with Gasteiger partial charge in [0.2, 0.25) is 11.8 Å². The second kappa shape index (κ2) is 10.7. The molecule has 0 aromatic carbocycles. The molecule has 1 spiro atoms. The van der Waals surface area contributed by atoms with Gasteiger partial charge >= 0.3 is 5.97 Å². The quantitative estimate of drug-likeness (QED) is 0.186. The zero-order valence-corrected chi connectivity index (χ0v) is 22.4. The number of amides is 2. The third kappa shape index (κ3) is 4.67. The molecule has 2 bridgehead atoms. The number of unbranched alkanes of at least 4 members (excludes halogenated alkanes) is 3. The fraction of sp³-hybridized carbons (Fsp3) is 0.800. The van der Waals surface area contributed by atoms with Gasteiger partial charge < -0.3 is 24.4 Å². The number of likely N-dealkylation sites (tertiary alicyclic amines) is 1. The second-order valence-corrected chi connectivity index (χ2v) is 11.7. The van der Waals surface area contributed by atoms with Gasteiger partial charge in [-0.25, -0.2) is 0 Å². The summed E-state index contributed by atoms with van der Waals surface area (Å²) in [6, 6.07) is -0.813. The predicted octanol–water partition coefficient (Wildman–Crippen LogP) is 2.66. The Bertz CT molecular complexity index is 799. The lowest BCUT2D eigenvalue weighted by atomic mass is 9.70. The van der Waals surface area contributed by atoms with Crippen LogP contribution in [0, 0.1) is 11.8 Å². The van der Waals surface area contributed by atoms with Gasteiger partial charge in [0.15, 0.2) is 0 Å². The van der Waals surface area contributed by atoms with Crippen molar-refractivity contribution < 1.29 is 29.0 Å². The number of carbonyl (C=O) groups is 3. The number of fused-ring (bicyclic) bond motifs is 1. The number of ether oxygens (including phenoxy) is 2. The van der Waals surface area contributed by atoms with Crippen LogP contribution in [0.1, 0.15) is 59.8 Å². The largest absolute Gasteiger partial charge is 0.466 e. The summed E-state index contributed by atoms with van der Waals surface area (Å²) in [5.74, 6) is -2.28. The summed E-state index contributed by atoms with van der Waals surface area (Å²) < 4.78 is 11.8. The van der Waals surface area contributed by atoms with Crippen molar-refractivity contribution in [3.8, 4) is 0 Å². The maximum absolute atomic E-state index is 14.1. The fourth-order valence-corrected chi connectivity index (χ4v) is 6.82. The Hall–Kier alpha value is -1.45. The van der Waals surface area contributed by atoms with Gasteiger partial charge in [0.1, 0.15) is 11.6 Å². The molecule has 2 amide bonds. The molecule has 3 heterocycles. The van der Waals surface area contributed by atoms with Crippen LogP contribution in [0.15, 0.2) is 12.7 Å². The standard InChI is InChI=1S/C25H39BrN2O6/c1-6-12-28(24(3,4)5)22(31)20-25-15-16(26)19(34-25)17(23(32)33-7-2)18(25)21(30)27(20)13-10-8-9-11-14-29/h6,16-20,29H,1,7-15H2,2-5H3/t16?,17-,18+,19-,20-,25+/m1/s1. The number of esters is 1. The molecule has 3 saturated heterocycles. The van der Waals surface area contributed by atoms with Crippen LogP contribution in [-0.4, -0.2) is 87.1 Å². The van der Waals surface area contributed by atoms with Crippen molar-refractivity contribution in [2.45, 2.75) is 87.9 Å². The summed E-state index contributed by atoms with van der Waals surface area (Å²) in [6.45, 7) is 12.6. The van der Waals surface area contributed by atoms with Crippen LogP contribution in [0.2, 0.25) is 0 Å². The summed E-state index contributed by atoms with van der Waals surface area (Å²) in [7, 11) is 0. The Labute approximate surface area is 211 Å². The number of nitrogens with zero attached hydrogens (tertiary/aromatic N) is 2. The van der Waals surface area contributed by atoms with E-state index in [1.165, 1.54) is 0 Å². The first-order chi connectivity index (χ1) is 16.0. The van der Waals surface area contributed by atoms with Gasteiger partial charge in [0.25, 0.3) is 0 Å². The van der Waals surface area contributed by atoms with Gasteiger partial charge in [-0.1, -0.05) is 34.8 Å². The highest BCUT2D eigenvalue weighted by Crippen LogP contribution is 2.60. The molecule has 3 fully saturated rings. The van der Waals surface area contributed by atoms with Crippen molar-refractivity contribution in [3.63, 3.8) is 0 Å². The third-order valence-electron chi connectivity index (χ3n) is 7.28. The molecule has 192 valence electrons. The fourth-order valence-electron chi connectivity index (χ4n) is 5.88. The molecule has 0 saturated carbocycles. The van der Waals surface area contributed by atoms with Crippen molar-refractivity contribution in [2.75, 3.05) is 26.3 Å². The molecule has 0 radical (unpaired) electrons. The van der Waals surface area contributed by atoms with E-state index in [0.29, 0.717) is 32.4 Å². The van der Waals surface area contributed by atoms with E-state index in [1.807, 2.05) is 20.8 Å². The summed E-state index contributed by atoms with van der Waals surface area (Å²) in [4.78, 5) is 44.2. The molecule has 1 unspecified atom stereocenters. The van der Waals surface area contributed by atoms with Crippen molar-refractivity contribution in [1.29, 1.82) is 0 Å². The molecule has 3 rings (SSSR count). The number of hydrogen-bond donors (Lipinski definition) is 1. The minimum atomic E-state index is -1.07. The van der Waals surface area contributed by atoms with Crippen molar-refractivity contribution >= 4 is 33.7 Å². The predicted molar refractivity (Wildman–Crippen MR) is 131 cm³/mol. The van der Waals surface area contributed by atoms with Crippen LogP contribution in [0.4, 0.5) is 0 Å². The SMILES string of the molecule is C=CCN(C(=O)[C@H]1N(CCCCCCO)C(=O)[C@@H]2[C@@H](C(=O)OCC)[C@@H]3O[C@@]21CC3Br)C(C)(C)C. The summed E-state index contributed by atoms with van der Waals surface area (Å²) in [6.07, 6.45) is 4.77. The number of aliphatic hydroxyl groups is 1. The molecular weight excluding hydrogens is 504 g/mol. The first-order valence-electron chi connectivity index (χ1n) is 12.4. The Balaban J connectivity index is 2.00. The Morgan fingerprint density at radius 1 is 1.32 bits per heavy atom. The Kier molecular flexibility index (Phi) is 8.51. The molecule has 3 aliphatic rings. The van der Waals surface area contributed by atoms with Crippen LogP contribution in [0.3, 0.4) is 0 Å². The van der Waals surface area contributed by atoms with E-state index in [-0.39, 0.29) is 29.9 Å². The van der Waals surface area contributed by atoms with Gasteiger partial charge in [-0.15, -0.1) is 6.58 Å². The summed E-state index contributed by atoms with van der Waals surface area (Å²) in [5, 5.41) is 9.06. The number of hydrogen-bond acceptors (Lipinski definition) is 6. The molecule has 1 N–H and O–H groups in total. The number of aliphatic hydroxyl groups excluding tert-OH is 1. The minimum absolute atomic E-state index is 0.139. The Morgan fingerprint density at radius 3 is 2.59 bits per heavy atom. The monoisotopic (exact) mass is 542 g/mol. The molecular formula is C25H39BrN2O6. The van der Waals surface area contributed by atoms with Crippen molar-refractivity contribution in [2.24, 2.45) is 11.8 Å². The van der Waals surface area contributed by atoms with Crippen LogP contribution in [-0.2, 0) is 23.9 Å². The second-order valence-electron chi connectivity index (χ2n) is 10.5. The van der Waals surface area contributed by atoms with Crippen molar-refractivity contribution in [3.05, 3.63) is 12.7 Å². The lowest BCUT2D eigenvalue weighted by Crippen LogP contribution is -2.60. The third-order valence-corrected chi connectivity index (χ3v) is 8.12.